The largest absolute Gasteiger partial charge is 0.458 e. The van der Waals surface area contributed by atoms with E-state index < -0.39 is 29.9 Å². The predicted molar refractivity (Wildman–Crippen MR) is 84.0 cm³/mol. The predicted octanol–water partition coefficient (Wildman–Crippen LogP) is 1.69. The van der Waals surface area contributed by atoms with Gasteiger partial charge in [0.25, 0.3) is 5.79 Å². The van der Waals surface area contributed by atoms with Crippen molar-refractivity contribution in [3.8, 4) is 23.7 Å². The quantitative estimate of drug-likeness (QED) is 0.566. The van der Waals surface area contributed by atoms with E-state index in [0.29, 0.717) is 18.8 Å². The maximum atomic E-state index is 11.5. The van der Waals surface area contributed by atoms with Gasteiger partial charge in [0.05, 0.1) is 6.61 Å². The fourth-order valence-corrected chi connectivity index (χ4v) is 2.74. The summed E-state index contributed by atoms with van der Waals surface area (Å²) in [4.78, 5) is 23.0. The summed E-state index contributed by atoms with van der Waals surface area (Å²) in [6, 6.07) is 0. The second-order valence-electron chi connectivity index (χ2n) is 5.47. The smallest absolute Gasteiger partial charge is 0.303 e. The number of hydrogen-bond donors (Lipinski definition) is 0. The Kier molecular flexibility index (Phi) is 5.89. The van der Waals surface area contributed by atoms with Gasteiger partial charge >= 0.3 is 11.9 Å². The monoisotopic (exact) mass is 332 g/mol. The number of esters is 2. The summed E-state index contributed by atoms with van der Waals surface area (Å²) in [5.74, 6) is 8.75. The molecule has 0 unspecified atom stereocenters. The molecule has 2 aliphatic heterocycles. The zero-order chi connectivity index (χ0) is 17.6. The van der Waals surface area contributed by atoms with E-state index in [1.54, 1.807) is 6.92 Å². The van der Waals surface area contributed by atoms with Crippen LogP contribution in [0.5, 0.6) is 0 Å². The molecule has 2 saturated heterocycles. The molecule has 0 radical (unpaired) electrons. The van der Waals surface area contributed by atoms with Crippen LogP contribution in [0.2, 0.25) is 0 Å². The van der Waals surface area contributed by atoms with Gasteiger partial charge in [-0.05, 0) is 31.6 Å². The molecule has 128 valence electrons. The summed E-state index contributed by atoms with van der Waals surface area (Å²) in [5, 5.41) is 0. The van der Waals surface area contributed by atoms with E-state index >= 15 is 0 Å². The molecule has 24 heavy (non-hydrogen) atoms. The molecule has 3 atom stereocenters. The van der Waals surface area contributed by atoms with Crippen LogP contribution >= 0.6 is 0 Å². The molecule has 0 amide bonds. The third-order valence-corrected chi connectivity index (χ3v) is 3.61. The maximum absolute atomic E-state index is 11.5. The fraction of sp³-hybridized carbons (Fsp3) is 0.556. The zero-order valence-electron chi connectivity index (χ0n) is 14.0. The minimum absolute atomic E-state index is 0.295. The molecule has 2 heterocycles. The Morgan fingerprint density at radius 1 is 1.21 bits per heavy atom. The molecule has 1 spiro atoms. The Hall–Kier alpha value is -2.44. The van der Waals surface area contributed by atoms with E-state index in [9.17, 15) is 9.59 Å². The van der Waals surface area contributed by atoms with Crippen molar-refractivity contribution in [2.75, 3.05) is 6.61 Å². The lowest BCUT2D eigenvalue weighted by atomic mass is 9.98. The van der Waals surface area contributed by atoms with E-state index in [4.69, 9.17) is 18.9 Å². The summed E-state index contributed by atoms with van der Waals surface area (Å²) in [5.41, 5.74) is 0. The van der Waals surface area contributed by atoms with Crippen molar-refractivity contribution in [3.63, 3.8) is 0 Å². The highest BCUT2D eigenvalue weighted by Crippen LogP contribution is 2.43. The average molecular weight is 332 g/mol. The van der Waals surface area contributed by atoms with Gasteiger partial charge in [-0.1, -0.05) is 11.8 Å². The van der Waals surface area contributed by atoms with Gasteiger partial charge in [-0.3, -0.25) is 9.59 Å². The van der Waals surface area contributed by atoms with Crippen molar-refractivity contribution >= 4 is 11.9 Å². The Morgan fingerprint density at radius 3 is 2.54 bits per heavy atom. The number of carbonyl (C=O) groups is 2. The topological polar surface area (TPSA) is 71.1 Å². The second kappa shape index (κ2) is 7.90. The Bertz CT molecular complexity index is 648. The average Bonchev–Trinajstić information content (AvgIpc) is 2.78. The third kappa shape index (κ3) is 4.10. The molecular weight excluding hydrogens is 312 g/mol. The third-order valence-electron chi connectivity index (χ3n) is 3.61. The van der Waals surface area contributed by atoms with Gasteiger partial charge < -0.3 is 18.9 Å². The van der Waals surface area contributed by atoms with Crippen molar-refractivity contribution in [2.45, 2.75) is 58.0 Å². The van der Waals surface area contributed by atoms with E-state index in [-0.39, 0.29) is 0 Å². The molecule has 0 N–H and O–H groups in total. The van der Waals surface area contributed by atoms with Crippen LogP contribution in [0.25, 0.3) is 0 Å². The van der Waals surface area contributed by atoms with E-state index in [0.717, 1.165) is 12.8 Å². The van der Waals surface area contributed by atoms with Crippen LogP contribution in [0.15, 0.2) is 11.8 Å². The van der Waals surface area contributed by atoms with Crippen molar-refractivity contribution in [2.24, 2.45) is 0 Å². The highest BCUT2D eigenvalue weighted by atomic mass is 16.7. The standard InChI is InChI=1S/C18H20O6/c1-4-5-6-7-10-15-16(22-13(2)19)17(23-14(3)20)18(24-15)11-8-9-12-21-18/h10,16-17H,8-9,11-12H2,1-3H3/b15-10-/t16-,17+,18-/m1/s1. The molecule has 6 heteroatoms. The number of carbonyl (C=O) groups excluding carboxylic acids is 2. The SMILES string of the molecule is CC#CC#C/C=C1\O[C@]2(CCCCO2)[C@@H](OC(C)=O)[C@@H]1OC(C)=O. The highest BCUT2D eigenvalue weighted by Gasteiger charge is 2.59. The van der Waals surface area contributed by atoms with Gasteiger partial charge in [-0.2, -0.15) is 0 Å². The lowest BCUT2D eigenvalue weighted by Gasteiger charge is -2.36. The maximum Gasteiger partial charge on any atom is 0.303 e. The molecule has 0 bridgehead atoms. The number of allylic oxidation sites excluding steroid dienone is 1. The molecule has 2 aliphatic rings. The zero-order valence-corrected chi connectivity index (χ0v) is 14.0. The first-order valence-corrected chi connectivity index (χ1v) is 7.78. The molecule has 0 aromatic carbocycles. The Morgan fingerprint density at radius 2 is 1.96 bits per heavy atom. The normalized spacial score (nSPS) is 29.7. The van der Waals surface area contributed by atoms with Crippen LogP contribution in [0.3, 0.4) is 0 Å². The summed E-state index contributed by atoms with van der Waals surface area (Å²) >= 11 is 0. The first-order valence-electron chi connectivity index (χ1n) is 7.78. The number of rotatable bonds is 2. The van der Waals surface area contributed by atoms with Crippen molar-refractivity contribution in [3.05, 3.63) is 11.8 Å². The lowest BCUT2D eigenvalue weighted by molar-refractivity contribution is -0.263. The second-order valence-corrected chi connectivity index (χ2v) is 5.47. The van der Waals surface area contributed by atoms with Crippen molar-refractivity contribution < 1.29 is 28.5 Å². The minimum Gasteiger partial charge on any atom is -0.458 e. The minimum atomic E-state index is -1.14. The summed E-state index contributed by atoms with van der Waals surface area (Å²) in [6.45, 7) is 4.73. The molecule has 0 aromatic rings. The summed E-state index contributed by atoms with van der Waals surface area (Å²) in [6.07, 6.45) is 1.98. The van der Waals surface area contributed by atoms with E-state index in [2.05, 4.69) is 23.7 Å². The van der Waals surface area contributed by atoms with Crippen molar-refractivity contribution in [1.29, 1.82) is 0 Å². The van der Waals surface area contributed by atoms with Gasteiger partial charge in [0, 0.05) is 26.3 Å². The van der Waals surface area contributed by atoms with Gasteiger partial charge in [0.15, 0.2) is 5.76 Å². The molecule has 0 aromatic heterocycles. The van der Waals surface area contributed by atoms with Gasteiger partial charge in [0.2, 0.25) is 12.2 Å². The van der Waals surface area contributed by atoms with Crippen LogP contribution in [0, 0.1) is 23.7 Å². The fourth-order valence-electron chi connectivity index (χ4n) is 2.74. The van der Waals surface area contributed by atoms with Crippen LogP contribution in [-0.4, -0.2) is 36.5 Å². The first-order chi connectivity index (χ1) is 11.5. The van der Waals surface area contributed by atoms with Crippen LogP contribution < -0.4 is 0 Å². The Balaban J connectivity index is 2.38. The summed E-state index contributed by atoms with van der Waals surface area (Å²) in [7, 11) is 0. The molecule has 6 nitrogen and oxygen atoms in total. The van der Waals surface area contributed by atoms with Crippen molar-refractivity contribution in [1.82, 2.24) is 0 Å². The lowest BCUT2D eigenvalue weighted by Crippen LogP contribution is -2.50. The number of hydrogen-bond acceptors (Lipinski definition) is 6. The molecule has 0 saturated carbocycles. The number of ether oxygens (including phenoxy) is 4. The first kappa shape index (κ1) is 17.9. The van der Waals surface area contributed by atoms with Gasteiger partial charge in [-0.15, -0.1) is 0 Å². The van der Waals surface area contributed by atoms with Gasteiger partial charge in [0.1, 0.15) is 0 Å². The van der Waals surface area contributed by atoms with Gasteiger partial charge in [-0.25, -0.2) is 0 Å². The van der Waals surface area contributed by atoms with Crippen LogP contribution in [-0.2, 0) is 28.5 Å². The van der Waals surface area contributed by atoms with Crippen LogP contribution in [0.4, 0.5) is 0 Å². The molecule has 0 aliphatic carbocycles. The van der Waals surface area contributed by atoms with E-state index in [1.165, 1.54) is 19.9 Å². The van der Waals surface area contributed by atoms with E-state index in [1.807, 2.05) is 0 Å². The Labute approximate surface area is 141 Å². The molecular formula is C18H20O6. The molecule has 2 rings (SSSR count). The molecule has 2 fully saturated rings. The van der Waals surface area contributed by atoms with Crippen LogP contribution in [0.1, 0.15) is 40.0 Å². The summed E-state index contributed by atoms with van der Waals surface area (Å²) < 4.78 is 22.5. The highest BCUT2D eigenvalue weighted by molar-refractivity contribution is 5.68.